The van der Waals surface area contributed by atoms with E-state index in [0.717, 1.165) is 5.56 Å². The summed E-state index contributed by atoms with van der Waals surface area (Å²) in [6.45, 7) is 3.86. The summed E-state index contributed by atoms with van der Waals surface area (Å²) < 4.78 is 6.20. The van der Waals surface area contributed by atoms with Gasteiger partial charge in [0.1, 0.15) is 11.6 Å². The van der Waals surface area contributed by atoms with Crippen molar-refractivity contribution in [3.05, 3.63) is 92.4 Å². The molecule has 1 aliphatic rings. The molecule has 5 rings (SSSR count). The molecule has 1 N–H and O–H groups in total. The molecule has 2 aromatic heterocycles. The van der Waals surface area contributed by atoms with Crippen molar-refractivity contribution in [1.82, 2.24) is 15.1 Å². The van der Waals surface area contributed by atoms with Crippen LogP contribution in [0.4, 0.5) is 5.82 Å². The molecule has 0 saturated carbocycles. The van der Waals surface area contributed by atoms with Crippen LogP contribution >= 0.6 is 0 Å². The number of rotatable bonds is 3. The zero-order chi connectivity index (χ0) is 22.9. The van der Waals surface area contributed by atoms with E-state index >= 15 is 0 Å². The Bertz CT molecular complexity index is 1430. The number of carbonyl (C=O) groups is 1. The van der Waals surface area contributed by atoms with Gasteiger partial charge in [0.05, 0.1) is 10.9 Å². The summed E-state index contributed by atoms with van der Waals surface area (Å²) >= 11 is 0. The number of anilines is 1. The van der Waals surface area contributed by atoms with Crippen LogP contribution in [0.5, 0.6) is 0 Å². The number of piperazine rings is 1. The van der Waals surface area contributed by atoms with Crippen molar-refractivity contribution in [2.24, 2.45) is 0 Å². The van der Waals surface area contributed by atoms with Crippen LogP contribution in [-0.2, 0) is 0 Å². The van der Waals surface area contributed by atoms with Gasteiger partial charge < -0.3 is 14.2 Å². The highest BCUT2D eigenvalue weighted by atomic mass is 16.3. The Balaban J connectivity index is 1.47. The van der Waals surface area contributed by atoms with Crippen LogP contribution < -0.4 is 15.9 Å². The Hall–Kier alpha value is -4.20. The average Bonchev–Trinajstić information content (AvgIpc) is 2.86. The molecule has 0 radical (unpaired) electrons. The number of aromatic nitrogens is 2. The maximum absolute atomic E-state index is 13.4. The van der Waals surface area contributed by atoms with Gasteiger partial charge >= 0.3 is 0 Å². The Morgan fingerprint density at radius 1 is 0.939 bits per heavy atom. The summed E-state index contributed by atoms with van der Waals surface area (Å²) in [5.74, 6) is 0.962. The third kappa shape index (κ3) is 3.80. The predicted molar refractivity (Wildman–Crippen MR) is 126 cm³/mol. The van der Waals surface area contributed by atoms with Gasteiger partial charge in [-0.2, -0.15) is 5.10 Å². The van der Waals surface area contributed by atoms with Gasteiger partial charge in [0.2, 0.25) is 0 Å². The highest BCUT2D eigenvalue weighted by Gasteiger charge is 2.26. The van der Waals surface area contributed by atoms with E-state index < -0.39 is 0 Å². The molecule has 0 aliphatic carbocycles. The van der Waals surface area contributed by atoms with E-state index in [9.17, 15) is 14.4 Å². The first-order chi connectivity index (χ1) is 16.0. The number of aromatic amines is 1. The fourth-order valence-electron chi connectivity index (χ4n) is 4.17. The third-order valence-electron chi connectivity index (χ3n) is 5.97. The zero-order valence-electron chi connectivity index (χ0n) is 18.1. The second-order valence-corrected chi connectivity index (χ2v) is 7.99. The van der Waals surface area contributed by atoms with E-state index in [-0.39, 0.29) is 16.9 Å². The van der Waals surface area contributed by atoms with Crippen molar-refractivity contribution in [3.63, 3.8) is 0 Å². The SMILES string of the molecule is Cc1c(-c2ccccc2)oc2c(C(=O)N3CCN(c4ccc(=O)[nH]n4)CC3)cccc2c1=O. The van der Waals surface area contributed by atoms with Gasteiger partial charge in [0.15, 0.2) is 11.0 Å². The molecule has 1 fully saturated rings. The molecule has 1 aliphatic heterocycles. The smallest absolute Gasteiger partial charge is 0.264 e. The molecule has 4 aromatic rings. The molecule has 1 saturated heterocycles. The summed E-state index contributed by atoms with van der Waals surface area (Å²) in [6, 6.07) is 17.6. The number of benzene rings is 2. The highest BCUT2D eigenvalue weighted by molar-refractivity contribution is 6.05. The van der Waals surface area contributed by atoms with Gasteiger partial charge in [-0.25, -0.2) is 5.10 Å². The quantitative estimate of drug-likeness (QED) is 0.524. The van der Waals surface area contributed by atoms with E-state index in [2.05, 4.69) is 10.2 Å². The topological polar surface area (TPSA) is 99.5 Å². The van der Waals surface area contributed by atoms with Crippen molar-refractivity contribution < 1.29 is 9.21 Å². The zero-order valence-corrected chi connectivity index (χ0v) is 18.1. The van der Waals surface area contributed by atoms with E-state index in [1.807, 2.05) is 35.2 Å². The molecule has 0 bridgehead atoms. The lowest BCUT2D eigenvalue weighted by Crippen LogP contribution is -2.49. The van der Waals surface area contributed by atoms with Gasteiger partial charge in [-0.1, -0.05) is 36.4 Å². The minimum Gasteiger partial charge on any atom is -0.455 e. The first-order valence-corrected chi connectivity index (χ1v) is 10.7. The van der Waals surface area contributed by atoms with Crippen LogP contribution in [0.15, 0.2) is 74.7 Å². The van der Waals surface area contributed by atoms with Gasteiger partial charge in [-0.05, 0) is 25.1 Å². The maximum Gasteiger partial charge on any atom is 0.264 e. The summed E-state index contributed by atoms with van der Waals surface area (Å²) in [6.07, 6.45) is 0. The van der Waals surface area contributed by atoms with Crippen LogP contribution in [0.25, 0.3) is 22.3 Å². The summed E-state index contributed by atoms with van der Waals surface area (Å²) in [4.78, 5) is 41.5. The minimum absolute atomic E-state index is 0.140. The Morgan fingerprint density at radius 3 is 2.39 bits per heavy atom. The lowest BCUT2D eigenvalue weighted by Gasteiger charge is -2.35. The molecule has 8 heteroatoms. The first kappa shape index (κ1) is 20.7. The standard InChI is InChI=1S/C25H22N4O4/c1-16-22(31)18-8-5-9-19(24(18)33-23(16)17-6-3-2-4-7-17)25(32)29-14-12-28(13-15-29)20-10-11-21(30)27-26-20/h2-11H,12-15H2,1H3,(H,27,30). The monoisotopic (exact) mass is 442 g/mol. The first-order valence-electron chi connectivity index (χ1n) is 10.7. The molecule has 0 atom stereocenters. The molecule has 166 valence electrons. The number of nitrogens with one attached hydrogen (secondary N) is 1. The largest absolute Gasteiger partial charge is 0.455 e. The fourth-order valence-corrected chi connectivity index (χ4v) is 4.17. The molecule has 8 nitrogen and oxygen atoms in total. The molecule has 2 aromatic carbocycles. The maximum atomic E-state index is 13.4. The third-order valence-corrected chi connectivity index (χ3v) is 5.97. The average molecular weight is 442 g/mol. The highest BCUT2D eigenvalue weighted by Crippen LogP contribution is 2.28. The lowest BCUT2D eigenvalue weighted by atomic mass is 10.0. The van der Waals surface area contributed by atoms with Gasteiger partial charge in [-0.15, -0.1) is 0 Å². The number of fused-ring (bicyclic) bond motifs is 1. The Labute approximate surface area is 189 Å². The van der Waals surface area contributed by atoms with E-state index in [1.165, 1.54) is 6.07 Å². The molecular weight excluding hydrogens is 420 g/mol. The fraction of sp³-hybridized carbons (Fsp3) is 0.200. The number of hydrogen-bond donors (Lipinski definition) is 1. The predicted octanol–water partition coefficient (Wildman–Crippen LogP) is 2.81. The molecule has 0 spiro atoms. The normalized spacial score (nSPS) is 14.0. The second kappa shape index (κ2) is 8.38. The molecule has 3 heterocycles. The number of carbonyl (C=O) groups excluding carboxylic acids is 1. The van der Waals surface area contributed by atoms with Crippen molar-refractivity contribution in [2.75, 3.05) is 31.1 Å². The number of para-hydroxylation sites is 1. The second-order valence-electron chi connectivity index (χ2n) is 7.99. The van der Waals surface area contributed by atoms with Crippen LogP contribution in [0.1, 0.15) is 15.9 Å². The van der Waals surface area contributed by atoms with Crippen molar-refractivity contribution in [1.29, 1.82) is 0 Å². The van der Waals surface area contributed by atoms with E-state index in [1.54, 1.807) is 36.1 Å². The van der Waals surface area contributed by atoms with Crippen molar-refractivity contribution >= 4 is 22.7 Å². The number of amides is 1. The van der Waals surface area contributed by atoms with Gasteiger partial charge in [0, 0.05) is 43.4 Å². The van der Waals surface area contributed by atoms with Crippen LogP contribution in [0.2, 0.25) is 0 Å². The van der Waals surface area contributed by atoms with E-state index in [0.29, 0.717) is 59.9 Å². The number of H-pyrrole nitrogens is 1. The Morgan fingerprint density at radius 2 is 1.70 bits per heavy atom. The summed E-state index contributed by atoms with van der Waals surface area (Å²) in [5, 5.41) is 6.90. The van der Waals surface area contributed by atoms with Crippen LogP contribution in [0, 0.1) is 6.92 Å². The Kier molecular flexibility index (Phi) is 5.26. The molecule has 1 amide bonds. The van der Waals surface area contributed by atoms with Crippen LogP contribution in [0.3, 0.4) is 0 Å². The number of hydrogen-bond acceptors (Lipinski definition) is 6. The minimum atomic E-state index is -0.255. The van der Waals surface area contributed by atoms with Crippen molar-refractivity contribution in [3.8, 4) is 11.3 Å². The molecule has 0 unspecified atom stereocenters. The molecular formula is C25H22N4O4. The van der Waals surface area contributed by atoms with Gasteiger partial charge in [0.25, 0.3) is 11.5 Å². The van der Waals surface area contributed by atoms with Crippen LogP contribution in [-0.4, -0.2) is 47.2 Å². The number of nitrogens with zero attached hydrogens (tertiary/aromatic N) is 3. The summed E-state index contributed by atoms with van der Waals surface area (Å²) in [7, 11) is 0. The molecule has 33 heavy (non-hydrogen) atoms. The lowest BCUT2D eigenvalue weighted by molar-refractivity contribution is 0.0747. The summed E-state index contributed by atoms with van der Waals surface area (Å²) in [5.41, 5.74) is 1.59. The van der Waals surface area contributed by atoms with Crippen molar-refractivity contribution in [2.45, 2.75) is 6.92 Å². The van der Waals surface area contributed by atoms with Gasteiger partial charge in [-0.3, -0.25) is 14.4 Å². The van der Waals surface area contributed by atoms with E-state index in [4.69, 9.17) is 4.42 Å².